The molecule has 8 heteroatoms. The summed E-state index contributed by atoms with van der Waals surface area (Å²) < 4.78 is 44.7. The molecule has 0 spiro atoms. The zero-order chi connectivity index (χ0) is 17.5. The maximum Gasteiger partial charge on any atom is 0.407 e. The van der Waals surface area contributed by atoms with Crippen molar-refractivity contribution in [1.29, 1.82) is 0 Å². The Bertz CT molecular complexity index is 620. The lowest BCUT2D eigenvalue weighted by Gasteiger charge is -2.20. The highest BCUT2D eigenvalue weighted by atomic mass is 32.2. The van der Waals surface area contributed by atoms with Gasteiger partial charge in [-0.1, -0.05) is 19.9 Å². The van der Waals surface area contributed by atoms with Crippen molar-refractivity contribution in [3.8, 4) is 0 Å². The van der Waals surface area contributed by atoms with Crippen LogP contribution in [0.1, 0.15) is 27.2 Å². The van der Waals surface area contributed by atoms with Crippen LogP contribution >= 0.6 is 0 Å². The highest BCUT2D eigenvalue weighted by Gasteiger charge is 2.20. The summed E-state index contributed by atoms with van der Waals surface area (Å²) in [5.74, 6) is -0.378. The predicted octanol–water partition coefficient (Wildman–Crippen LogP) is 2.26. The van der Waals surface area contributed by atoms with Crippen molar-refractivity contribution in [2.75, 3.05) is 13.2 Å². The van der Waals surface area contributed by atoms with Crippen LogP contribution in [-0.4, -0.2) is 33.7 Å². The van der Waals surface area contributed by atoms with Gasteiger partial charge in [-0.2, -0.15) is 0 Å². The lowest BCUT2D eigenvalue weighted by molar-refractivity contribution is 0.146. The van der Waals surface area contributed by atoms with Gasteiger partial charge in [0, 0.05) is 12.6 Å². The van der Waals surface area contributed by atoms with Gasteiger partial charge in [-0.05, 0) is 37.5 Å². The van der Waals surface area contributed by atoms with Crippen LogP contribution in [-0.2, 0) is 14.8 Å². The van der Waals surface area contributed by atoms with E-state index in [4.69, 9.17) is 4.74 Å². The maximum atomic E-state index is 13.2. The van der Waals surface area contributed by atoms with Crippen LogP contribution < -0.4 is 10.0 Å². The average Bonchev–Trinajstić information content (AvgIpc) is 2.44. The predicted molar refractivity (Wildman–Crippen MR) is 85.0 cm³/mol. The second-order valence-electron chi connectivity index (χ2n) is 5.50. The summed E-state index contributed by atoms with van der Waals surface area (Å²) in [6.45, 7) is 5.83. The van der Waals surface area contributed by atoms with E-state index in [0.29, 0.717) is 6.42 Å². The fourth-order valence-corrected chi connectivity index (χ4v) is 3.14. The number of alkyl carbamates (subject to hydrolysis) is 1. The van der Waals surface area contributed by atoms with Crippen molar-refractivity contribution in [3.63, 3.8) is 0 Å². The van der Waals surface area contributed by atoms with Crippen molar-refractivity contribution in [2.45, 2.75) is 38.1 Å². The van der Waals surface area contributed by atoms with E-state index in [2.05, 4.69) is 10.0 Å². The molecule has 130 valence electrons. The molecule has 2 N–H and O–H groups in total. The standard InChI is InChI=1S/C15H23FN2O4S/c1-4-22-15(19)18-13(8-11(2)3)10-17-23(20,21)14-7-5-6-12(16)9-14/h5-7,9,11,13,17H,4,8,10H2,1-3H3,(H,18,19)/t13-/m1/s1. The maximum absolute atomic E-state index is 13.2. The molecule has 1 rings (SSSR count). The van der Waals surface area contributed by atoms with Crippen LogP contribution in [0.4, 0.5) is 9.18 Å². The first-order valence-electron chi connectivity index (χ1n) is 7.43. The summed E-state index contributed by atoms with van der Waals surface area (Å²) in [4.78, 5) is 11.4. The number of carbonyl (C=O) groups excluding carboxylic acids is 1. The number of sulfonamides is 1. The minimum Gasteiger partial charge on any atom is -0.450 e. The number of benzene rings is 1. The number of ether oxygens (including phenoxy) is 1. The second kappa shape index (κ2) is 8.83. The van der Waals surface area contributed by atoms with E-state index in [1.807, 2.05) is 13.8 Å². The Morgan fingerprint density at radius 3 is 2.61 bits per heavy atom. The molecule has 0 unspecified atom stereocenters. The molecule has 1 atom stereocenters. The van der Waals surface area contributed by atoms with Crippen LogP contribution in [0.15, 0.2) is 29.2 Å². The second-order valence-corrected chi connectivity index (χ2v) is 7.27. The molecular weight excluding hydrogens is 323 g/mol. The molecule has 0 aliphatic heterocycles. The molecule has 0 aromatic heterocycles. The number of rotatable bonds is 8. The van der Waals surface area contributed by atoms with Crippen molar-refractivity contribution >= 4 is 16.1 Å². The van der Waals surface area contributed by atoms with Gasteiger partial charge in [0.05, 0.1) is 11.5 Å². The largest absolute Gasteiger partial charge is 0.450 e. The number of nitrogens with one attached hydrogen (secondary N) is 2. The highest BCUT2D eigenvalue weighted by Crippen LogP contribution is 2.11. The highest BCUT2D eigenvalue weighted by molar-refractivity contribution is 7.89. The molecule has 0 heterocycles. The number of carbonyl (C=O) groups is 1. The first-order chi connectivity index (χ1) is 10.7. The summed E-state index contributed by atoms with van der Waals surface area (Å²) in [6, 6.07) is 4.33. The van der Waals surface area contributed by atoms with E-state index in [9.17, 15) is 17.6 Å². The summed E-state index contributed by atoms with van der Waals surface area (Å²) in [5.41, 5.74) is 0. The molecule has 0 radical (unpaired) electrons. The van der Waals surface area contributed by atoms with Gasteiger partial charge in [-0.25, -0.2) is 22.3 Å². The molecule has 6 nitrogen and oxygen atoms in total. The quantitative estimate of drug-likeness (QED) is 0.756. The monoisotopic (exact) mass is 346 g/mol. The molecule has 23 heavy (non-hydrogen) atoms. The first-order valence-corrected chi connectivity index (χ1v) is 8.91. The Morgan fingerprint density at radius 2 is 2.04 bits per heavy atom. The number of hydrogen-bond acceptors (Lipinski definition) is 4. The van der Waals surface area contributed by atoms with Gasteiger partial charge in [0.15, 0.2) is 0 Å². The minimum absolute atomic E-state index is 0.00413. The van der Waals surface area contributed by atoms with Gasteiger partial charge >= 0.3 is 6.09 Å². The Labute approximate surface area is 136 Å². The number of amides is 1. The zero-order valence-corrected chi connectivity index (χ0v) is 14.3. The van der Waals surface area contributed by atoms with Crippen LogP contribution in [0.5, 0.6) is 0 Å². The first kappa shape index (κ1) is 19.4. The third-order valence-electron chi connectivity index (χ3n) is 2.98. The molecular formula is C15H23FN2O4S. The Morgan fingerprint density at radius 1 is 1.35 bits per heavy atom. The van der Waals surface area contributed by atoms with E-state index >= 15 is 0 Å². The van der Waals surface area contributed by atoms with Crippen molar-refractivity contribution in [3.05, 3.63) is 30.1 Å². The molecule has 0 aliphatic rings. The zero-order valence-electron chi connectivity index (χ0n) is 13.5. The van der Waals surface area contributed by atoms with E-state index < -0.39 is 28.0 Å². The van der Waals surface area contributed by atoms with Crippen molar-refractivity contribution in [1.82, 2.24) is 10.0 Å². The van der Waals surface area contributed by atoms with Crippen molar-refractivity contribution in [2.24, 2.45) is 5.92 Å². The third-order valence-corrected chi connectivity index (χ3v) is 4.40. The van der Waals surface area contributed by atoms with Crippen LogP contribution in [0.3, 0.4) is 0 Å². The minimum atomic E-state index is -3.84. The Balaban J connectivity index is 2.74. The molecule has 0 bridgehead atoms. The van der Waals surface area contributed by atoms with E-state index in [1.165, 1.54) is 18.2 Å². The van der Waals surface area contributed by atoms with E-state index in [1.54, 1.807) is 6.92 Å². The van der Waals surface area contributed by atoms with Gasteiger partial charge in [0.2, 0.25) is 10.0 Å². The summed E-state index contributed by atoms with van der Waals surface area (Å²) >= 11 is 0. The smallest absolute Gasteiger partial charge is 0.407 e. The molecule has 0 saturated heterocycles. The molecule has 0 fully saturated rings. The lowest BCUT2D eigenvalue weighted by atomic mass is 10.0. The van der Waals surface area contributed by atoms with Crippen LogP contribution in [0, 0.1) is 11.7 Å². The summed E-state index contributed by atoms with van der Waals surface area (Å²) in [5, 5.41) is 2.62. The van der Waals surface area contributed by atoms with Crippen LogP contribution in [0.25, 0.3) is 0 Å². The van der Waals surface area contributed by atoms with Crippen LogP contribution in [0.2, 0.25) is 0 Å². The topological polar surface area (TPSA) is 84.5 Å². The van der Waals surface area contributed by atoms with Gasteiger partial charge in [-0.15, -0.1) is 0 Å². The number of halogens is 1. The van der Waals surface area contributed by atoms with E-state index in [-0.39, 0.29) is 24.0 Å². The molecule has 0 saturated carbocycles. The van der Waals surface area contributed by atoms with Gasteiger partial charge in [0.1, 0.15) is 5.82 Å². The summed E-state index contributed by atoms with van der Waals surface area (Å²) in [6.07, 6.45) is -0.0205. The van der Waals surface area contributed by atoms with E-state index in [0.717, 1.165) is 6.07 Å². The van der Waals surface area contributed by atoms with Crippen molar-refractivity contribution < 1.29 is 22.3 Å². The molecule has 1 aromatic rings. The summed E-state index contributed by atoms with van der Waals surface area (Å²) in [7, 11) is -3.84. The Kier molecular flexibility index (Phi) is 7.44. The van der Waals surface area contributed by atoms with Gasteiger partial charge < -0.3 is 10.1 Å². The fourth-order valence-electron chi connectivity index (χ4n) is 2.03. The normalized spacial score (nSPS) is 12.9. The Hall–Kier alpha value is -1.67. The fraction of sp³-hybridized carbons (Fsp3) is 0.533. The SMILES string of the molecule is CCOC(=O)N[C@@H](CNS(=O)(=O)c1cccc(F)c1)CC(C)C. The molecule has 1 aromatic carbocycles. The number of hydrogen-bond donors (Lipinski definition) is 2. The van der Waals surface area contributed by atoms with Gasteiger partial charge in [0.25, 0.3) is 0 Å². The molecule has 0 aliphatic carbocycles. The third kappa shape index (κ3) is 6.96. The average molecular weight is 346 g/mol. The molecule has 1 amide bonds. The van der Waals surface area contributed by atoms with Gasteiger partial charge in [-0.3, -0.25) is 0 Å². The lowest BCUT2D eigenvalue weighted by Crippen LogP contribution is -2.44.